The van der Waals surface area contributed by atoms with E-state index in [0.29, 0.717) is 12.0 Å². The minimum absolute atomic E-state index is 0.241. The van der Waals surface area contributed by atoms with E-state index in [1.54, 1.807) is 0 Å². The van der Waals surface area contributed by atoms with Crippen LogP contribution in [0.15, 0.2) is 18.2 Å². The molecule has 1 N–H and O–H groups in total. The maximum Gasteiger partial charge on any atom is 0.120 e. The van der Waals surface area contributed by atoms with Crippen LogP contribution < -0.4 is 10.1 Å². The summed E-state index contributed by atoms with van der Waals surface area (Å²) in [6.45, 7) is 6.41. The van der Waals surface area contributed by atoms with Crippen molar-refractivity contribution in [1.29, 1.82) is 0 Å². The lowest BCUT2D eigenvalue weighted by Gasteiger charge is -2.14. The first kappa shape index (κ1) is 11.5. The first-order valence-corrected chi connectivity index (χ1v) is 6.09. The molecule has 16 heavy (non-hydrogen) atoms. The van der Waals surface area contributed by atoms with Crippen molar-refractivity contribution < 1.29 is 4.74 Å². The minimum Gasteiger partial charge on any atom is -0.491 e. The molecule has 0 spiro atoms. The van der Waals surface area contributed by atoms with Crippen LogP contribution in [0.25, 0.3) is 0 Å². The fraction of sp³-hybridized carbons (Fsp3) is 0.571. The molecule has 2 unspecified atom stereocenters. The van der Waals surface area contributed by atoms with Crippen molar-refractivity contribution in [3.8, 4) is 5.75 Å². The van der Waals surface area contributed by atoms with Crippen molar-refractivity contribution >= 4 is 0 Å². The Morgan fingerprint density at radius 2 is 2.06 bits per heavy atom. The summed E-state index contributed by atoms with van der Waals surface area (Å²) in [5.41, 5.74) is 2.88. The highest BCUT2D eigenvalue weighted by Crippen LogP contribution is 2.41. The second kappa shape index (κ2) is 4.46. The van der Waals surface area contributed by atoms with Crippen LogP contribution in [0.1, 0.15) is 50.3 Å². The van der Waals surface area contributed by atoms with Gasteiger partial charge in [0.15, 0.2) is 0 Å². The van der Waals surface area contributed by atoms with Gasteiger partial charge in [-0.1, -0.05) is 13.0 Å². The second-order valence-corrected chi connectivity index (χ2v) is 4.94. The topological polar surface area (TPSA) is 21.3 Å². The van der Waals surface area contributed by atoms with E-state index in [4.69, 9.17) is 4.74 Å². The Hall–Kier alpha value is -1.02. The summed E-state index contributed by atoms with van der Waals surface area (Å²) in [6.07, 6.45) is 1.43. The Labute approximate surface area is 98.0 Å². The molecule has 2 heteroatoms. The predicted octanol–water partition coefficient (Wildman–Crippen LogP) is 3.24. The van der Waals surface area contributed by atoms with Gasteiger partial charge in [0.2, 0.25) is 0 Å². The highest BCUT2D eigenvalue weighted by Gasteiger charge is 2.27. The van der Waals surface area contributed by atoms with Gasteiger partial charge >= 0.3 is 0 Å². The lowest BCUT2D eigenvalue weighted by atomic mass is 10.0. The number of fused-ring (bicyclic) bond motifs is 1. The highest BCUT2D eigenvalue weighted by atomic mass is 16.5. The van der Waals surface area contributed by atoms with Gasteiger partial charge in [0.05, 0.1) is 6.10 Å². The molecule has 0 saturated heterocycles. The van der Waals surface area contributed by atoms with Crippen molar-refractivity contribution in [3.05, 3.63) is 29.3 Å². The SMILES string of the molecule is CNC1CC(C)c2ccc(OC(C)C)cc21. The average molecular weight is 219 g/mol. The van der Waals surface area contributed by atoms with Gasteiger partial charge < -0.3 is 10.1 Å². The first-order valence-electron chi connectivity index (χ1n) is 6.09. The summed E-state index contributed by atoms with van der Waals surface area (Å²) in [6, 6.07) is 6.99. The maximum atomic E-state index is 5.74. The number of hydrogen-bond acceptors (Lipinski definition) is 2. The molecule has 2 nitrogen and oxygen atoms in total. The Kier molecular flexibility index (Phi) is 3.20. The van der Waals surface area contributed by atoms with Crippen LogP contribution in [-0.4, -0.2) is 13.2 Å². The summed E-state index contributed by atoms with van der Waals surface area (Å²) in [5.74, 6) is 1.64. The lowest BCUT2D eigenvalue weighted by molar-refractivity contribution is 0.242. The first-order chi connectivity index (χ1) is 7.61. The number of nitrogens with one attached hydrogen (secondary N) is 1. The molecule has 1 aromatic rings. The zero-order valence-electron chi connectivity index (χ0n) is 10.6. The summed E-state index contributed by atoms with van der Waals surface area (Å²) in [5, 5.41) is 3.38. The molecule has 0 radical (unpaired) electrons. The molecule has 0 saturated carbocycles. The molecule has 0 amide bonds. The molecule has 88 valence electrons. The smallest absolute Gasteiger partial charge is 0.120 e. The largest absolute Gasteiger partial charge is 0.491 e. The zero-order chi connectivity index (χ0) is 11.7. The van der Waals surface area contributed by atoms with E-state index < -0.39 is 0 Å². The number of ether oxygens (including phenoxy) is 1. The average Bonchev–Trinajstić information content (AvgIpc) is 2.54. The Morgan fingerprint density at radius 3 is 2.69 bits per heavy atom. The summed E-state index contributed by atoms with van der Waals surface area (Å²) < 4.78 is 5.74. The summed E-state index contributed by atoms with van der Waals surface area (Å²) >= 11 is 0. The van der Waals surface area contributed by atoms with E-state index in [1.807, 2.05) is 7.05 Å². The van der Waals surface area contributed by atoms with Crippen molar-refractivity contribution in [1.82, 2.24) is 5.32 Å². The van der Waals surface area contributed by atoms with Gasteiger partial charge in [-0.15, -0.1) is 0 Å². The summed E-state index contributed by atoms with van der Waals surface area (Å²) in [4.78, 5) is 0. The molecule has 1 aromatic carbocycles. The summed E-state index contributed by atoms with van der Waals surface area (Å²) in [7, 11) is 2.03. The van der Waals surface area contributed by atoms with Crippen LogP contribution in [0.2, 0.25) is 0 Å². The lowest BCUT2D eigenvalue weighted by Crippen LogP contribution is -2.13. The van der Waals surface area contributed by atoms with E-state index in [0.717, 1.165) is 5.75 Å². The normalized spacial score (nSPS) is 23.6. The third-order valence-corrected chi connectivity index (χ3v) is 3.27. The van der Waals surface area contributed by atoms with Crippen molar-refractivity contribution in [3.63, 3.8) is 0 Å². The molecule has 0 bridgehead atoms. The highest BCUT2D eigenvalue weighted by molar-refractivity contribution is 5.43. The quantitative estimate of drug-likeness (QED) is 0.842. The van der Waals surface area contributed by atoms with Gasteiger partial charge in [-0.2, -0.15) is 0 Å². The molecular formula is C14H21NO. The predicted molar refractivity (Wildman–Crippen MR) is 67.0 cm³/mol. The molecule has 0 fully saturated rings. The van der Waals surface area contributed by atoms with Gasteiger partial charge in [-0.3, -0.25) is 0 Å². The van der Waals surface area contributed by atoms with Crippen LogP contribution in [0.5, 0.6) is 5.75 Å². The molecule has 1 aliphatic rings. The fourth-order valence-electron chi connectivity index (χ4n) is 2.53. The van der Waals surface area contributed by atoms with Gasteiger partial charge in [0, 0.05) is 6.04 Å². The second-order valence-electron chi connectivity index (χ2n) is 4.94. The Balaban J connectivity index is 2.30. The van der Waals surface area contributed by atoms with Crippen molar-refractivity contribution in [2.24, 2.45) is 0 Å². The van der Waals surface area contributed by atoms with Crippen molar-refractivity contribution in [2.45, 2.75) is 45.3 Å². The zero-order valence-corrected chi connectivity index (χ0v) is 10.6. The van der Waals surface area contributed by atoms with Gasteiger partial charge in [0.25, 0.3) is 0 Å². The minimum atomic E-state index is 0.241. The van der Waals surface area contributed by atoms with Gasteiger partial charge in [-0.05, 0) is 56.5 Å². The molecule has 0 aromatic heterocycles. The third kappa shape index (κ3) is 2.07. The standard InChI is InChI=1S/C14H21NO/c1-9(2)16-11-5-6-12-10(3)7-14(15-4)13(12)8-11/h5-6,8-10,14-15H,7H2,1-4H3. The number of benzene rings is 1. The maximum absolute atomic E-state index is 5.74. The molecule has 2 atom stereocenters. The third-order valence-electron chi connectivity index (χ3n) is 3.27. The fourth-order valence-corrected chi connectivity index (χ4v) is 2.53. The number of rotatable bonds is 3. The van der Waals surface area contributed by atoms with Gasteiger partial charge in [0.1, 0.15) is 5.75 Å². The van der Waals surface area contributed by atoms with E-state index in [2.05, 4.69) is 44.3 Å². The molecule has 0 aliphatic heterocycles. The molecule has 1 aliphatic carbocycles. The molecular weight excluding hydrogens is 198 g/mol. The Bertz CT molecular complexity index is 373. The van der Waals surface area contributed by atoms with E-state index >= 15 is 0 Å². The van der Waals surface area contributed by atoms with Crippen LogP contribution in [0.3, 0.4) is 0 Å². The van der Waals surface area contributed by atoms with Crippen LogP contribution >= 0.6 is 0 Å². The monoisotopic (exact) mass is 219 g/mol. The van der Waals surface area contributed by atoms with E-state index in [-0.39, 0.29) is 6.10 Å². The van der Waals surface area contributed by atoms with Crippen molar-refractivity contribution in [2.75, 3.05) is 7.05 Å². The van der Waals surface area contributed by atoms with Gasteiger partial charge in [-0.25, -0.2) is 0 Å². The van der Waals surface area contributed by atoms with Crippen LogP contribution in [0.4, 0.5) is 0 Å². The number of hydrogen-bond donors (Lipinski definition) is 1. The Morgan fingerprint density at radius 1 is 1.31 bits per heavy atom. The van der Waals surface area contributed by atoms with E-state index in [9.17, 15) is 0 Å². The van der Waals surface area contributed by atoms with E-state index in [1.165, 1.54) is 17.5 Å². The van der Waals surface area contributed by atoms with Crippen LogP contribution in [-0.2, 0) is 0 Å². The van der Waals surface area contributed by atoms with Crippen LogP contribution in [0, 0.1) is 0 Å². The molecule has 0 heterocycles. The molecule has 2 rings (SSSR count).